The van der Waals surface area contributed by atoms with Crippen molar-refractivity contribution < 1.29 is 5.11 Å². The smallest absolute Gasteiger partial charge is 0.113 e. The van der Waals surface area contributed by atoms with Crippen LogP contribution in [0.5, 0.6) is 0 Å². The van der Waals surface area contributed by atoms with Gasteiger partial charge in [-0.05, 0) is 35.2 Å². The van der Waals surface area contributed by atoms with E-state index >= 15 is 0 Å². The second-order valence-electron chi connectivity index (χ2n) is 4.14. The van der Waals surface area contributed by atoms with E-state index in [1.54, 1.807) is 23.5 Å². The second-order valence-corrected chi connectivity index (χ2v) is 5.69. The standard InChI is InChI=1S/C15H11ClOS/c16-12-7-5-10(6-8-12)15(17)14-9-11-3-1-2-4-13(11)18-14/h1-9,15,17H/t15-/m1/s1. The van der Waals surface area contributed by atoms with E-state index in [1.807, 2.05) is 30.3 Å². The van der Waals surface area contributed by atoms with Crippen LogP contribution in [-0.2, 0) is 0 Å². The Morgan fingerprint density at radius 3 is 2.44 bits per heavy atom. The van der Waals surface area contributed by atoms with Gasteiger partial charge in [-0.15, -0.1) is 11.3 Å². The molecule has 1 nitrogen and oxygen atoms in total. The first-order valence-electron chi connectivity index (χ1n) is 5.66. The first-order chi connectivity index (χ1) is 8.74. The fraction of sp³-hybridized carbons (Fsp3) is 0.0667. The minimum Gasteiger partial charge on any atom is -0.383 e. The zero-order chi connectivity index (χ0) is 12.5. The summed E-state index contributed by atoms with van der Waals surface area (Å²) in [5, 5.41) is 12.2. The van der Waals surface area contributed by atoms with E-state index in [-0.39, 0.29) is 0 Å². The molecule has 90 valence electrons. The SMILES string of the molecule is O[C@H](c1ccc(Cl)cc1)c1cc2ccccc2s1. The minimum atomic E-state index is -0.584. The second kappa shape index (κ2) is 4.73. The van der Waals surface area contributed by atoms with Crippen molar-refractivity contribution in [2.75, 3.05) is 0 Å². The van der Waals surface area contributed by atoms with Gasteiger partial charge in [-0.1, -0.05) is 41.9 Å². The van der Waals surface area contributed by atoms with E-state index in [9.17, 15) is 5.11 Å². The summed E-state index contributed by atoms with van der Waals surface area (Å²) < 4.78 is 1.19. The minimum absolute atomic E-state index is 0.584. The van der Waals surface area contributed by atoms with Crippen molar-refractivity contribution in [3.63, 3.8) is 0 Å². The predicted octanol–water partition coefficient (Wildman–Crippen LogP) is 4.64. The third-order valence-electron chi connectivity index (χ3n) is 2.90. The summed E-state index contributed by atoms with van der Waals surface area (Å²) in [5.74, 6) is 0. The molecule has 0 spiro atoms. The van der Waals surface area contributed by atoms with E-state index in [0.717, 1.165) is 10.4 Å². The molecule has 0 amide bonds. The number of benzene rings is 2. The van der Waals surface area contributed by atoms with Crippen molar-refractivity contribution in [3.05, 3.63) is 70.1 Å². The molecule has 0 aliphatic carbocycles. The van der Waals surface area contributed by atoms with E-state index < -0.39 is 6.10 Å². The van der Waals surface area contributed by atoms with Crippen LogP contribution in [0.1, 0.15) is 16.5 Å². The summed E-state index contributed by atoms with van der Waals surface area (Å²) in [4.78, 5) is 0.957. The maximum absolute atomic E-state index is 10.4. The first-order valence-corrected chi connectivity index (χ1v) is 6.85. The molecule has 3 aromatic rings. The molecule has 3 heteroatoms. The van der Waals surface area contributed by atoms with Crippen molar-refractivity contribution in [2.45, 2.75) is 6.10 Å². The van der Waals surface area contributed by atoms with Crippen molar-refractivity contribution >= 4 is 33.0 Å². The number of rotatable bonds is 2. The number of hydrogen-bond donors (Lipinski definition) is 1. The van der Waals surface area contributed by atoms with Crippen LogP contribution in [0.3, 0.4) is 0 Å². The molecular weight excluding hydrogens is 264 g/mol. The van der Waals surface area contributed by atoms with Gasteiger partial charge in [0.1, 0.15) is 6.10 Å². The van der Waals surface area contributed by atoms with Crippen LogP contribution < -0.4 is 0 Å². The van der Waals surface area contributed by atoms with Crippen LogP contribution in [0.25, 0.3) is 10.1 Å². The predicted molar refractivity (Wildman–Crippen MR) is 77.3 cm³/mol. The maximum Gasteiger partial charge on any atom is 0.113 e. The van der Waals surface area contributed by atoms with Gasteiger partial charge in [-0.3, -0.25) is 0 Å². The third-order valence-corrected chi connectivity index (χ3v) is 4.32. The van der Waals surface area contributed by atoms with Gasteiger partial charge in [0.05, 0.1) is 0 Å². The molecular formula is C15H11ClOS. The maximum atomic E-state index is 10.4. The molecule has 0 saturated heterocycles. The third kappa shape index (κ3) is 2.15. The Balaban J connectivity index is 2.00. The van der Waals surface area contributed by atoms with E-state index in [0.29, 0.717) is 5.02 Å². The quantitative estimate of drug-likeness (QED) is 0.722. The highest BCUT2D eigenvalue weighted by Crippen LogP contribution is 2.33. The number of halogens is 1. The normalized spacial score (nSPS) is 12.8. The van der Waals surface area contributed by atoms with Crippen LogP contribution in [0.2, 0.25) is 5.02 Å². The molecule has 0 aliphatic rings. The molecule has 18 heavy (non-hydrogen) atoms. The number of thiophene rings is 1. The van der Waals surface area contributed by atoms with Crippen molar-refractivity contribution in [1.82, 2.24) is 0 Å². The molecule has 3 rings (SSSR count). The topological polar surface area (TPSA) is 20.2 Å². The first kappa shape index (κ1) is 11.7. The average Bonchev–Trinajstić information content (AvgIpc) is 2.82. The van der Waals surface area contributed by atoms with Gasteiger partial charge in [0.25, 0.3) is 0 Å². The highest BCUT2D eigenvalue weighted by atomic mass is 35.5. The van der Waals surface area contributed by atoms with Crippen molar-refractivity contribution in [3.8, 4) is 0 Å². The highest BCUT2D eigenvalue weighted by Gasteiger charge is 2.13. The largest absolute Gasteiger partial charge is 0.383 e. The Morgan fingerprint density at radius 1 is 1.00 bits per heavy atom. The van der Waals surface area contributed by atoms with E-state index in [2.05, 4.69) is 12.1 Å². The Kier molecular flexibility index (Phi) is 3.08. The molecule has 1 heterocycles. The molecule has 2 aromatic carbocycles. The Morgan fingerprint density at radius 2 is 1.72 bits per heavy atom. The Labute approximate surface area is 114 Å². The molecule has 1 N–H and O–H groups in total. The van der Waals surface area contributed by atoms with Crippen LogP contribution in [-0.4, -0.2) is 5.11 Å². The van der Waals surface area contributed by atoms with Crippen LogP contribution in [0.15, 0.2) is 54.6 Å². The van der Waals surface area contributed by atoms with Gasteiger partial charge >= 0.3 is 0 Å². The zero-order valence-electron chi connectivity index (χ0n) is 9.51. The molecule has 0 unspecified atom stereocenters. The number of aliphatic hydroxyl groups excluding tert-OH is 1. The van der Waals surface area contributed by atoms with E-state index in [1.165, 1.54) is 10.1 Å². The fourth-order valence-corrected chi connectivity index (χ4v) is 3.15. The van der Waals surface area contributed by atoms with Gasteiger partial charge in [-0.2, -0.15) is 0 Å². The lowest BCUT2D eigenvalue weighted by atomic mass is 10.1. The molecule has 0 radical (unpaired) electrons. The van der Waals surface area contributed by atoms with Crippen LogP contribution in [0.4, 0.5) is 0 Å². The molecule has 0 saturated carbocycles. The lowest BCUT2D eigenvalue weighted by molar-refractivity contribution is 0.224. The fourth-order valence-electron chi connectivity index (χ4n) is 1.95. The summed E-state index contributed by atoms with van der Waals surface area (Å²) >= 11 is 7.47. The summed E-state index contributed by atoms with van der Waals surface area (Å²) in [5.41, 5.74) is 0.867. The molecule has 0 aliphatic heterocycles. The lowest BCUT2D eigenvalue weighted by Crippen LogP contribution is -1.95. The summed E-state index contributed by atoms with van der Waals surface area (Å²) in [6, 6.07) is 17.5. The van der Waals surface area contributed by atoms with Gasteiger partial charge in [0.2, 0.25) is 0 Å². The van der Waals surface area contributed by atoms with Gasteiger partial charge in [-0.25, -0.2) is 0 Å². The zero-order valence-corrected chi connectivity index (χ0v) is 11.1. The van der Waals surface area contributed by atoms with Crippen LogP contribution >= 0.6 is 22.9 Å². The van der Waals surface area contributed by atoms with Crippen molar-refractivity contribution in [1.29, 1.82) is 0 Å². The highest BCUT2D eigenvalue weighted by molar-refractivity contribution is 7.19. The monoisotopic (exact) mass is 274 g/mol. The van der Waals surface area contributed by atoms with Gasteiger partial charge in [0, 0.05) is 14.6 Å². The Bertz CT molecular complexity index is 639. The summed E-state index contributed by atoms with van der Waals surface area (Å²) in [6.45, 7) is 0. The van der Waals surface area contributed by atoms with Gasteiger partial charge in [0.15, 0.2) is 0 Å². The van der Waals surface area contributed by atoms with Gasteiger partial charge < -0.3 is 5.11 Å². The number of fused-ring (bicyclic) bond motifs is 1. The molecule has 0 bridgehead atoms. The molecule has 1 aromatic heterocycles. The Hall–Kier alpha value is -1.35. The molecule has 0 fully saturated rings. The number of aliphatic hydroxyl groups is 1. The van der Waals surface area contributed by atoms with Crippen molar-refractivity contribution in [2.24, 2.45) is 0 Å². The van der Waals surface area contributed by atoms with E-state index in [4.69, 9.17) is 11.6 Å². The average molecular weight is 275 g/mol. The van der Waals surface area contributed by atoms with Crippen LogP contribution in [0, 0.1) is 0 Å². The lowest BCUT2D eigenvalue weighted by Gasteiger charge is -2.08. The summed E-state index contributed by atoms with van der Waals surface area (Å²) in [7, 11) is 0. The summed E-state index contributed by atoms with van der Waals surface area (Å²) in [6.07, 6.45) is -0.584. The number of hydrogen-bond acceptors (Lipinski definition) is 2. The molecule has 1 atom stereocenters.